The molecule has 0 saturated heterocycles. The molecule has 1 atom stereocenters. The van der Waals surface area contributed by atoms with Crippen molar-refractivity contribution in [3.8, 4) is 5.75 Å². The normalized spacial score (nSPS) is 11.4. The molecule has 0 aliphatic carbocycles. The maximum atomic E-state index is 12.6. The lowest BCUT2D eigenvalue weighted by Crippen LogP contribution is -2.28. The van der Waals surface area contributed by atoms with Crippen molar-refractivity contribution >= 4 is 35.2 Å². The highest BCUT2D eigenvalue weighted by Crippen LogP contribution is 2.22. The molecule has 35 heavy (non-hydrogen) atoms. The Morgan fingerprint density at radius 3 is 2.57 bits per heavy atom. The Morgan fingerprint density at radius 2 is 1.91 bits per heavy atom. The van der Waals surface area contributed by atoms with Gasteiger partial charge in [-0.15, -0.1) is 16.8 Å². The smallest absolute Gasteiger partial charge is 0.335 e. The van der Waals surface area contributed by atoms with Crippen molar-refractivity contribution in [3.63, 3.8) is 0 Å². The highest BCUT2D eigenvalue weighted by molar-refractivity contribution is 7.99. The average Bonchev–Trinajstić information content (AvgIpc) is 3.25. The van der Waals surface area contributed by atoms with Crippen LogP contribution in [0.25, 0.3) is 0 Å². The van der Waals surface area contributed by atoms with E-state index in [1.165, 1.54) is 23.9 Å². The van der Waals surface area contributed by atoms with E-state index in [1.807, 2.05) is 0 Å². The Labute approximate surface area is 206 Å². The zero-order chi connectivity index (χ0) is 25.4. The maximum Gasteiger partial charge on any atom is 0.335 e. The van der Waals surface area contributed by atoms with Gasteiger partial charge in [0.15, 0.2) is 11.0 Å². The average molecular weight is 496 g/mol. The van der Waals surface area contributed by atoms with Gasteiger partial charge in [0.05, 0.1) is 24.5 Å². The molecule has 0 unspecified atom stereocenters. The number of benzene rings is 2. The van der Waals surface area contributed by atoms with Gasteiger partial charge < -0.3 is 25.0 Å². The van der Waals surface area contributed by atoms with Crippen LogP contribution in [0.5, 0.6) is 5.75 Å². The number of aromatic carboxylic acids is 1. The molecule has 0 aliphatic heterocycles. The van der Waals surface area contributed by atoms with Gasteiger partial charge >= 0.3 is 5.97 Å². The second kappa shape index (κ2) is 11.8. The van der Waals surface area contributed by atoms with Crippen LogP contribution in [0.15, 0.2) is 66.3 Å². The van der Waals surface area contributed by atoms with E-state index in [1.54, 1.807) is 61.1 Å². The van der Waals surface area contributed by atoms with Gasteiger partial charge in [-0.25, -0.2) is 4.79 Å². The number of allylic oxidation sites excluding steroid dienone is 1. The molecule has 3 rings (SSSR count). The van der Waals surface area contributed by atoms with E-state index in [2.05, 4.69) is 27.4 Å². The van der Waals surface area contributed by atoms with Crippen LogP contribution in [0.4, 0.5) is 5.69 Å². The summed E-state index contributed by atoms with van der Waals surface area (Å²) in [5, 5.41) is 23.5. The zero-order valence-electron chi connectivity index (χ0n) is 19.2. The van der Waals surface area contributed by atoms with Crippen molar-refractivity contribution in [2.45, 2.75) is 24.7 Å². The van der Waals surface area contributed by atoms with E-state index >= 15 is 0 Å². The Hall–Kier alpha value is -4.12. The number of carbonyl (C=O) groups is 3. The van der Waals surface area contributed by atoms with Crippen LogP contribution < -0.4 is 15.4 Å². The fourth-order valence-corrected chi connectivity index (χ4v) is 3.93. The number of aromatic nitrogens is 3. The lowest BCUT2D eigenvalue weighted by Gasteiger charge is -2.15. The second-order valence-electron chi connectivity index (χ2n) is 7.39. The predicted octanol–water partition coefficient (Wildman–Crippen LogP) is 3.39. The van der Waals surface area contributed by atoms with E-state index in [4.69, 9.17) is 9.84 Å². The first-order valence-corrected chi connectivity index (χ1v) is 11.6. The molecule has 0 bridgehead atoms. The number of ether oxygens (including phenoxy) is 1. The molecular weight excluding hydrogens is 470 g/mol. The maximum absolute atomic E-state index is 12.6. The second-order valence-corrected chi connectivity index (χ2v) is 8.33. The number of carboxylic acid groups (broad SMARTS) is 1. The minimum atomic E-state index is -1.08. The quantitative estimate of drug-likeness (QED) is 0.272. The first kappa shape index (κ1) is 25.5. The Morgan fingerprint density at radius 1 is 1.17 bits per heavy atom. The largest absolute Gasteiger partial charge is 0.497 e. The van der Waals surface area contributed by atoms with Crippen LogP contribution in [-0.2, 0) is 11.3 Å². The number of carboxylic acids is 1. The van der Waals surface area contributed by atoms with Gasteiger partial charge in [-0.05, 0) is 49.4 Å². The van der Waals surface area contributed by atoms with Crippen molar-refractivity contribution in [3.05, 3.63) is 78.1 Å². The molecule has 10 nitrogen and oxygen atoms in total. The molecule has 1 heterocycles. The molecule has 11 heteroatoms. The van der Waals surface area contributed by atoms with E-state index in [-0.39, 0.29) is 23.1 Å². The minimum Gasteiger partial charge on any atom is -0.497 e. The molecule has 0 fully saturated rings. The van der Waals surface area contributed by atoms with Crippen LogP contribution in [0, 0.1) is 0 Å². The zero-order valence-corrected chi connectivity index (χ0v) is 20.0. The molecule has 2 amide bonds. The fourth-order valence-electron chi connectivity index (χ4n) is 3.17. The molecule has 182 valence electrons. The molecular formula is C24H25N5O5S. The number of carbonyl (C=O) groups excluding carboxylic acids is 2. The molecule has 0 spiro atoms. The van der Waals surface area contributed by atoms with Crippen molar-refractivity contribution in [2.75, 3.05) is 18.2 Å². The van der Waals surface area contributed by atoms with Crippen molar-refractivity contribution < 1.29 is 24.2 Å². The summed E-state index contributed by atoms with van der Waals surface area (Å²) in [5.74, 6) is -0.476. The number of amides is 2. The number of nitrogens with zero attached hydrogens (tertiary/aromatic N) is 3. The molecule has 2 aromatic carbocycles. The van der Waals surface area contributed by atoms with Gasteiger partial charge in [-0.1, -0.05) is 23.9 Å². The third-order valence-electron chi connectivity index (χ3n) is 4.87. The summed E-state index contributed by atoms with van der Waals surface area (Å²) in [6, 6.07) is 12.3. The standard InChI is InChI=1S/C24H25N5O5S/c1-4-12-29-21(15(2)25-22(31)16-8-10-19(34-3)11-9-16)27-28-24(29)35-14-20(30)26-18-7-5-6-17(13-18)23(32)33/h4-11,13,15H,1,12,14H2,2-3H3,(H,25,31)(H,26,30)(H,32,33)/t15-/m0/s1. The molecule has 0 aliphatic rings. The van der Waals surface area contributed by atoms with Crippen molar-refractivity contribution in [2.24, 2.45) is 0 Å². The predicted molar refractivity (Wildman–Crippen MR) is 132 cm³/mol. The van der Waals surface area contributed by atoms with Crippen LogP contribution in [0.1, 0.15) is 39.5 Å². The van der Waals surface area contributed by atoms with Gasteiger partial charge in [0.25, 0.3) is 5.91 Å². The summed E-state index contributed by atoms with van der Waals surface area (Å²) >= 11 is 1.17. The van der Waals surface area contributed by atoms with E-state index in [9.17, 15) is 14.4 Å². The van der Waals surface area contributed by atoms with Gasteiger partial charge in [0.1, 0.15) is 5.75 Å². The Balaban J connectivity index is 1.65. The lowest BCUT2D eigenvalue weighted by molar-refractivity contribution is -0.113. The summed E-state index contributed by atoms with van der Waals surface area (Å²) in [6.07, 6.45) is 1.67. The summed E-state index contributed by atoms with van der Waals surface area (Å²) in [4.78, 5) is 36.1. The topological polar surface area (TPSA) is 135 Å². The number of methoxy groups -OCH3 is 1. The monoisotopic (exact) mass is 495 g/mol. The Bertz CT molecular complexity index is 1230. The lowest BCUT2D eigenvalue weighted by atomic mass is 10.2. The molecule has 0 saturated carbocycles. The van der Waals surface area contributed by atoms with Crippen molar-refractivity contribution in [1.29, 1.82) is 0 Å². The van der Waals surface area contributed by atoms with E-state index in [0.29, 0.717) is 34.5 Å². The number of thioether (sulfide) groups is 1. The summed E-state index contributed by atoms with van der Waals surface area (Å²) in [5.41, 5.74) is 0.945. The highest BCUT2D eigenvalue weighted by atomic mass is 32.2. The van der Waals surface area contributed by atoms with Crippen LogP contribution in [-0.4, -0.2) is 50.5 Å². The van der Waals surface area contributed by atoms with Crippen LogP contribution in [0.3, 0.4) is 0 Å². The van der Waals surface area contributed by atoms with Gasteiger partial charge in [0, 0.05) is 17.8 Å². The van der Waals surface area contributed by atoms with Crippen LogP contribution >= 0.6 is 11.8 Å². The fraction of sp³-hybridized carbons (Fsp3) is 0.208. The first-order chi connectivity index (χ1) is 16.8. The van der Waals surface area contributed by atoms with Crippen molar-refractivity contribution in [1.82, 2.24) is 20.1 Å². The summed E-state index contributed by atoms with van der Waals surface area (Å²) in [6.45, 7) is 5.94. The number of hydrogen-bond acceptors (Lipinski definition) is 7. The van der Waals surface area contributed by atoms with Gasteiger partial charge in [0.2, 0.25) is 5.91 Å². The van der Waals surface area contributed by atoms with Gasteiger partial charge in [-0.3, -0.25) is 9.59 Å². The Kier molecular flexibility index (Phi) is 8.63. The summed E-state index contributed by atoms with van der Waals surface area (Å²) < 4.78 is 6.89. The highest BCUT2D eigenvalue weighted by Gasteiger charge is 2.20. The van der Waals surface area contributed by atoms with E-state index < -0.39 is 12.0 Å². The number of rotatable bonds is 11. The first-order valence-electron chi connectivity index (χ1n) is 10.6. The van der Waals surface area contributed by atoms with Gasteiger partial charge in [-0.2, -0.15) is 0 Å². The summed E-state index contributed by atoms with van der Waals surface area (Å²) in [7, 11) is 1.56. The molecule has 3 N–H and O–H groups in total. The number of anilines is 1. The number of nitrogens with one attached hydrogen (secondary N) is 2. The molecule has 3 aromatic rings. The van der Waals surface area contributed by atoms with Crippen LogP contribution in [0.2, 0.25) is 0 Å². The number of hydrogen-bond donors (Lipinski definition) is 3. The van der Waals surface area contributed by atoms with E-state index in [0.717, 1.165) is 0 Å². The molecule has 0 radical (unpaired) electrons. The third kappa shape index (κ3) is 6.70. The SMILES string of the molecule is C=CCn1c(SCC(=O)Nc2cccc(C(=O)O)c2)nnc1[C@H](C)NC(=O)c1ccc(OC)cc1. The minimum absolute atomic E-state index is 0.0269. The molecule has 1 aromatic heterocycles. The third-order valence-corrected chi connectivity index (χ3v) is 5.84.